The summed E-state index contributed by atoms with van der Waals surface area (Å²) in [7, 11) is 0. The van der Waals surface area contributed by atoms with Crippen LogP contribution in [0.1, 0.15) is 11.3 Å². The fraction of sp³-hybridized carbons (Fsp3) is 0.0714. The van der Waals surface area contributed by atoms with Crippen LogP contribution in [-0.4, -0.2) is 14.5 Å². The van der Waals surface area contributed by atoms with Crippen LogP contribution < -0.4 is 11.5 Å². The number of aromatic nitrogens is 2. The van der Waals surface area contributed by atoms with Crippen LogP contribution in [-0.2, 0) is 6.54 Å². The third kappa shape index (κ3) is 2.10. The van der Waals surface area contributed by atoms with Crippen molar-refractivity contribution in [2.75, 3.05) is 0 Å². The van der Waals surface area contributed by atoms with Crippen LogP contribution in [0.4, 0.5) is 0 Å². The van der Waals surface area contributed by atoms with E-state index in [1.165, 1.54) is 4.57 Å². The molecule has 1 aromatic carbocycles. The molecule has 6 heteroatoms. The summed E-state index contributed by atoms with van der Waals surface area (Å²) in [6.45, 7) is 0.316. The minimum Gasteiger partial charge on any atom is -0.408 e. The zero-order valence-corrected chi connectivity index (χ0v) is 11.3. The molecule has 5 nitrogen and oxygen atoms in total. The van der Waals surface area contributed by atoms with Crippen molar-refractivity contribution in [3.8, 4) is 0 Å². The topological polar surface area (TPSA) is 74.0 Å². The van der Waals surface area contributed by atoms with Gasteiger partial charge >= 0.3 is 5.76 Å². The Balaban J connectivity index is 2.13. The monoisotopic (exact) mass is 285 g/mol. The second-order valence-electron chi connectivity index (χ2n) is 4.30. The van der Waals surface area contributed by atoms with Gasteiger partial charge < -0.3 is 10.2 Å². The predicted molar refractivity (Wildman–Crippen MR) is 79.7 cm³/mol. The second-order valence-corrected chi connectivity index (χ2v) is 4.74. The molecule has 3 rings (SSSR count). The van der Waals surface area contributed by atoms with Gasteiger partial charge in [0, 0.05) is 11.8 Å². The van der Waals surface area contributed by atoms with Crippen molar-refractivity contribution >= 4 is 28.3 Å². The highest BCUT2D eigenvalue weighted by atomic mass is 32.1. The van der Waals surface area contributed by atoms with Gasteiger partial charge in [-0.3, -0.25) is 9.55 Å². The molecule has 3 aromatic rings. The van der Waals surface area contributed by atoms with E-state index in [9.17, 15) is 4.79 Å². The summed E-state index contributed by atoms with van der Waals surface area (Å²) in [5.74, 6) is -0.413. The number of fused-ring (bicyclic) bond motifs is 1. The maximum Gasteiger partial charge on any atom is 0.420 e. The van der Waals surface area contributed by atoms with Gasteiger partial charge in [0.25, 0.3) is 0 Å². The van der Waals surface area contributed by atoms with Gasteiger partial charge in [-0.15, -0.1) is 0 Å². The van der Waals surface area contributed by atoms with Gasteiger partial charge in [0.1, 0.15) is 10.7 Å². The lowest BCUT2D eigenvalue weighted by atomic mass is 10.2. The van der Waals surface area contributed by atoms with Crippen LogP contribution in [0.2, 0.25) is 0 Å². The average molecular weight is 285 g/mol. The molecule has 0 radical (unpaired) electrons. The van der Waals surface area contributed by atoms with E-state index in [1.807, 2.05) is 24.3 Å². The number of pyridine rings is 1. The van der Waals surface area contributed by atoms with Crippen molar-refractivity contribution in [2.45, 2.75) is 6.54 Å². The third-order valence-corrected chi connectivity index (χ3v) is 3.22. The van der Waals surface area contributed by atoms with Crippen molar-refractivity contribution in [3.05, 3.63) is 64.4 Å². The standard InChI is InChI=1S/C14H11N3O2S/c15-13(20)12-9(4-3-7-16-12)8-17-10-5-1-2-6-11(10)19-14(17)18/h1-7H,8H2,(H2,15,20). The van der Waals surface area contributed by atoms with Crippen molar-refractivity contribution in [1.82, 2.24) is 9.55 Å². The minimum atomic E-state index is -0.413. The number of hydrogen-bond donors (Lipinski definition) is 1. The van der Waals surface area contributed by atoms with Crippen LogP contribution in [0.15, 0.2) is 51.8 Å². The van der Waals surface area contributed by atoms with E-state index in [4.69, 9.17) is 22.4 Å². The molecule has 0 saturated heterocycles. The van der Waals surface area contributed by atoms with Crippen LogP contribution in [0, 0.1) is 0 Å². The van der Waals surface area contributed by atoms with Crippen molar-refractivity contribution < 1.29 is 4.42 Å². The summed E-state index contributed by atoms with van der Waals surface area (Å²) in [5, 5.41) is 0. The first-order valence-electron chi connectivity index (χ1n) is 5.99. The van der Waals surface area contributed by atoms with Crippen LogP contribution in [0.5, 0.6) is 0 Å². The molecule has 0 bridgehead atoms. The highest BCUT2D eigenvalue weighted by molar-refractivity contribution is 7.80. The van der Waals surface area contributed by atoms with E-state index in [0.717, 1.165) is 11.1 Å². The zero-order chi connectivity index (χ0) is 14.1. The SMILES string of the molecule is NC(=S)c1ncccc1Cn1c(=O)oc2ccccc21. The minimum absolute atomic E-state index is 0.210. The Hall–Kier alpha value is -2.47. The molecule has 2 aromatic heterocycles. The number of oxazole rings is 1. The van der Waals surface area contributed by atoms with Gasteiger partial charge in [0.05, 0.1) is 12.1 Å². The molecule has 0 atom stereocenters. The maximum atomic E-state index is 11.9. The van der Waals surface area contributed by atoms with E-state index < -0.39 is 5.76 Å². The second kappa shape index (κ2) is 4.90. The van der Waals surface area contributed by atoms with Crippen LogP contribution in [0.25, 0.3) is 11.1 Å². The Labute approximate surface area is 119 Å². The molecule has 2 heterocycles. The smallest absolute Gasteiger partial charge is 0.408 e. The summed E-state index contributed by atoms with van der Waals surface area (Å²) in [6.07, 6.45) is 1.62. The summed E-state index contributed by atoms with van der Waals surface area (Å²) >= 11 is 4.98. The Kier molecular flexibility index (Phi) is 3.08. The molecular weight excluding hydrogens is 274 g/mol. The third-order valence-electron chi connectivity index (χ3n) is 3.03. The summed E-state index contributed by atoms with van der Waals surface area (Å²) in [4.78, 5) is 16.3. The quantitative estimate of drug-likeness (QED) is 0.741. The lowest BCUT2D eigenvalue weighted by Gasteiger charge is -2.07. The molecule has 0 aliphatic rings. The fourth-order valence-electron chi connectivity index (χ4n) is 2.12. The Morgan fingerprint density at radius 2 is 2.10 bits per heavy atom. The molecule has 0 amide bonds. The highest BCUT2D eigenvalue weighted by Crippen LogP contribution is 2.14. The summed E-state index contributed by atoms with van der Waals surface area (Å²) < 4.78 is 6.73. The van der Waals surface area contributed by atoms with Gasteiger partial charge in [-0.25, -0.2) is 4.79 Å². The number of benzene rings is 1. The highest BCUT2D eigenvalue weighted by Gasteiger charge is 2.12. The number of hydrogen-bond acceptors (Lipinski definition) is 4. The van der Waals surface area contributed by atoms with Crippen LogP contribution in [0.3, 0.4) is 0 Å². The summed E-state index contributed by atoms with van der Waals surface area (Å²) in [5.41, 5.74) is 8.25. The normalized spacial score (nSPS) is 10.8. The Bertz CT molecular complexity index is 851. The van der Waals surface area contributed by atoms with E-state index in [0.29, 0.717) is 17.8 Å². The first kappa shape index (κ1) is 12.6. The van der Waals surface area contributed by atoms with Gasteiger partial charge in [0.15, 0.2) is 5.58 Å². The first-order chi connectivity index (χ1) is 9.66. The lowest BCUT2D eigenvalue weighted by molar-refractivity contribution is 0.517. The Morgan fingerprint density at radius 3 is 2.90 bits per heavy atom. The maximum absolute atomic E-state index is 11.9. The molecule has 2 N–H and O–H groups in total. The van der Waals surface area contributed by atoms with E-state index in [2.05, 4.69) is 4.98 Å². The van der Waals surface area contributed by atoms with Gasteiger partial charge in [-0.2, -0.15) is 0 Å². The molecule has 0 fully saturated rings. The first-order valence-corrected chi connectivity index (χ1v) is 6.39. The fourth-order valence-corrected chi connectivity index (χ4v) is 2.31. The summed E-state index contributed by atoms with van der Waals surface area (Å²) in [6, 6.07) is 10.9. The predicted octanol–water partition coefficient (Wildman–Crippen LogP) is 1.67. The van der Waals surface area contributed by atoms with Gasteiger partial charge in [-0.05, 0) is 18.2 Å². The molecule has 100 valence electrons. The molecule has 0 saturated carbocycles. The molecule has 0 spiro atoms. The number of nitrogens with two attached hydrogens (primary N) is 1. The lowest BCUT2D eigenvalue weighted by Crippen LogP contribution is -2.20. The zero-order valence-electron chi connectivity index (χ0n) is 10.4. The number of para-hydroxylation sites is 2. The molecule has 20 heavy (non-hydrogen) atoms. The largest absolute Gasteiger partial charge is 0.420 e. The van der Waals surface area contributed by atoms with E-state index in [-0.39, 0.29) is 4.99 Å². The molecular formula is C14H11N3O2S. The van der Waals surface area contributed by atoms with E-state index >= 15 is 0 Å². The van der Waals surface area contributed by atoms with Crippen molar-refractivity contribution in [1.29, 1.82) is 0 Å². The average Bonchev–Trinajstić information content (AvgIpc) is 2.76. The molecule has 0 aliphatic heterocycles. The van der Waals surface area contributed by atoms with Crippen molar-refractivity contribution in [2.24, 2.45) is 5.73 Å². The number of rotatable bonds is 3. The Morgan fingerprint density at radius 1 is 1.30 bits per heavy atom. The van der Waals surface area contributed by atoms with Crippen molar-refractivity contribution in [3.63, 3.8) is 0 Å². The van der Waals surface area contributed by atoms with Crippen LogP contribution >= 0.6 is 12.2 Å². The van der Waals surface area contributed by atoms with Gasteiger partial charge in [-0.1, -0.05) is 30.4 Å². The molecule has 0 aliphatic carbocycles. The van der Waals surface area contributed by atoms with Gasteiger partial charge in [0.2, 0.25) is 0 Å². The molecule has 0 unspecified atom stereocenters. The number of thiocarbonyl (C=S) groups is 1. The number of nitrogens with zero attached hydrogens (tertiary/aromatic N) is 2. The van der Waals surface area contributed by atoms with E-state index in [1.54, 1.807) is 18.3 Å².